The molecule has 1 amide bonds. The van der Waals surface area contributed by atoms with Crippen molar-refractivity contribution < 1.29 is 4.79 Å². The van der Waals surface area contributed by atoms with Gasteiger partial charge in [0.1, 0.15) is 0 Å². The van der Waals surface area contributed by atoms with Gasteiger partial charge in [0.25, 0.3) is 5.91 Å². The summed E-state index contributed by atoms with van der Waals surface area (Å²) in [6.45, 7) is 5.06. The Hall–Kier alpha value is -1.22. The number of benzene rings is 1. The molecule has 3 nitrogen and oxygen atoms in total. The van der Waals surface area contributed by atoms with Crippen molar-refractivity contribution in [2.75, 3.05) is 11.9 Å². The number of hydrogen-bond acceptors (Lipinski definition) is 2. The molecule has 4 heteroatoms. The Morgan fingerprint density at radius 1 is 1.38 bits per heavy atom. The lowest BCUT2D eigenvalue weighted by Crippen LogP contribution is -2.37. The van der Waals surface area contributed by atoms with Gasteiger partial charge in [0, 0.05) is 23.3 Å². The molecule has 0 radical (unpaired) electrons. The van der Waals surface area contributed by atoms with Gasteiger partial charge in [-0.3, -0.25) is 4.79 Å². The van der Waals surface area contributed by atoms with Crippen molar-refractivity contribution in [1.82, 2.24) is 5.32 Å². The number of rotatable bonds is 6. The normalized spacial score (nSPS) is 16.7. The Morgan fingerprint density at radius 2 is 2.10 bits per heavy atom. The second-order valence-corrected chi connectivity index (χ2v) is 6.36. The smallest absolute Gasteiger partial charge is 0.253 e. The van der Waals surface area contributed by atoms with Crippen molar-refractivity contribution in [3.8, 4) is 0 Å². The van der Waals surface area contributed by atoms with Crippen molar-refractivity contribution in [3.63, 3.8) is 0 Å². The zero-order valence-electron chi connectivity index (χ0n) is 12.9. The molecule has 2 rings (SSSR count). The van der Waals surface area contributed by atoms with E-state index in [0.29, 0.717) is 16.5 Å². The van der Waals surface area contributed by atoms with E-state index in [1.807, 2.05) is 12.1 Å². The lowest BCUT2D eigenvalue weighted by molar-refractivity contribution is 0.0928. The fraction of sp³-hybridized carbons (Fsp3) is 0.588. The number of hydrogen-bond donors (Lipinski definition) is 2. The molecule has 0 aromatic heterocycles. The van der Waals surface area contributed by atoms with Crippen molar-refractivity contribution in [2.45, 2.75) is 52.0 Å². The predicted octanol–water partition coefficient (Wildman–Crippen LogP) is 4.47. The van der Waals surface area contributed by atoms with Crippen LogP contribution in [-0.2, 0) is 0 Å². The molecule has 1 atom stereocenters. The van der Waals surface area contributed by atoms with Crippen molar-refractivity contribution in [2.24, 2.45) is 5.92 Å². The Kier molecular flexibility index (Phi) is 5.92. The second-order valence-electron chi connectivity index (χ2n) is 5.92. The Balaban J connectivity index is 2.07. The van der Waals surface area contributed by atoms with Crippen LogP contribution in [0.25, 0.3) is 0 Å². The van der Waals surface area contributed by atoms with E-state index in [0.717, 1.165) is 18.7 Å². The standard InChI is InChI=1S/C17H25ClN2O/c1-3-10-19-16-9-8-14(18)11-15(16)17(21)20-12(2)13-6-4-5-7-13/h8-9,11-13,19H,3-7,10H2,1-2H3,(H,20,21). The van der Waals surface area contributed by atoms with Crippen LogP contribution in [0.15, 0.2) is 18.2 Å². The Bertz CT molecular complexity index is 484. The van der Waals surface area contributed by atoms with Gasteiger partial charge in [0.05, 0.1) is 5.56 Å². The summed E-state index contributed by atoms with van der Waals surface area (Å²) in [5.41, 5.74) is 1.50. The summed E-state index contributed by atoms with van der Waals surface area (Å²) in [4.78, 5) is 12.5. The average molecular weight is 309 g/mol. The minimum absolute atomic E-state index is 0.0319. The second kappa shape index (κ2) is 7.69. The summed E-state index contributed by atoms with van der Waals surface area (Å²) in [5, 5.41) is 7.03. The topological polar surface area (TPSA) is 41.1 Å². The van der Waals surface area contributed by atoms with E-state index in [2.05, 4.69) is 24.5 Å². The van der Waals surface area contributed by atoms with Gasteiger partial charge in [-0.25, -0.2) is 0 Å². The van der Waals surface area contributed by atoms with Gasteiger partial charge in [-0.2, -0.15) is 0 Å². The number of amides is 1. The Morgan fingerprint density at radius 3 is 2.76 bits per heavy atom. The summed E-state index contributed by atoms with van der Waals surface area (Å²) >= 11 is 6.05. The third-order valence-electron chi connectivity index (χ3n) is 4.26. The molecule has 0 spiro atoms. The van der Waals surface area contributed by atoms with Gasteiger partial charge < -0.3 is 10.6 Å². The van der Waals surface area contributed by atoms with E-state index in [-0.39, 0.29) is 11.9 Å². The molecule has 0 heterocycles. The average Bonchev–Trinajstić information content (AvgIpc) is 3.00. The molecule has 1 aromatic rings. The lowest BCUT2D eigenvalue weighted by atomic mass is 9.99. The quantitative estimate of drug-likeness (QED) is 0.814. The number of anilines is 1. The zero-order valence-corrected chi connectivity index (χ0v) is 13.7. The van der Waals surface area contributed by atoms with Crippen molar-refractivity contribution in [3.05, 3.63) is 28.8 Å². The molecule has 1 aliphatic carbocycles. The van der Waals surface area contributed by atoms with Gasteiger partial charge in [-0.1, -0.05) is 31.4 Å². The van der Waals surface area contributed by atoms with Crippen LogP contribution in [-0.4, -0.2) is 18.5 Å². The first-order valence-corrected chi connectivity index (χ1v) is 8.34. The van der Waals surface area contributed by atoms with Crippen LogP contribution in [0, 0.1) is 5.92 Å². The first-order valence-electron chi connectivity index (χ1n) is 7.96. The largest absolute Gasteiger partial charge is 0.384 e. The summed E-state index contributed by atoms with van der Waals surface area (Å²) in [5.74, 6) is 0.579. The third-order valence-corrected chi connectivity index (χ3v) is 4.49. The molecule has 1 fully saturated rings. The number of halogens is 1. The van der Waals surface area contributed by atoms with Crippen LogP contribution in [0.4, 0.5) is 5.69 Å². The fourth-order valence-corrected chi connectivity index (χ4v) is 3.15. The third kappa shape index (κ3) is 4.37. The number of carbonyl (C=O) groups is 1. The van der Waals surface area contributed by atoms with E-state index in [1.165, 1.54) is 25.7 Å². The number of nitrogens with one attached hydrogen (secondary N) is 2. The predicted molar refractivity (Wildman–Crippen MR) is 89.1 cm³/mol. The molecule has 21 heavy (non-hydrogen) atoms. The first-order chi connectivity index (χ1) is 10.1. The molecular formula is C17H25ClN2O. The monoisotopic (exact) mass is 308 g/mol. The van der Waals surface area contributed by atoms with Crippen LogP contribution in [0.1, 0.15) is 56.3 Å². The van der Waals surface area contributed by atoms with Gasteiger partial charge in [0.15, 0.2) is 0 Å². The van der Waals surface area contributed by atoms with E-state index in [1.54, 1.807) is 6.07 Å². The lowest BCUT2D eigenvalue weighted by Gasteiger charge is -2.21. The van der Waals surface area contributed by atoms with Gasteiger partial charge in [0.2, 0.25) is 0 Å². The van der Waals surface area contributed by atoms with E-state index in [9.17, 15) is 4.79 Å². The summed E-state index contributed by atoms with van der Waals surface area (Å²) in [6.07, 6.45) is 6.02. The van der Waals surface area contributed by atoms with Crippen LogP contribution >= 0.6 is 11.6 Å². The maximum absolute atomic E-state index is 12.5. The maximum atomic E-state index is 12.5. The van der Waals surface area contributed by atoms with Crippen LogP contribution in [0.2, 0.25) is 5.02 Å². The summed E-state index contributed by atoms with van der Waals surface area (Å²) in [6, 6.07) is 5.66. The molecular weight excluding hydrogens is 284 g/mol. The summed E-state index contributed by atoms with van der Waals surface area (Å²) in [7, 11) is 0. The molecule has 1 aliphatic rings. The molecule has 1 unspecified atom stereocenters. The Labute approximate surface area is 132 Å². The number of carbonyl (C=O) groups excluding carboxylic acids is 1. The van der Waals surface area contributed by atoms with E-state index >= 15 is 0 Å². The first kappa shape index (κ1) is 16.2. The highest BCUT2D eigenvalue weighted by Crippen LogP contribution is 2.28. The molecule has 116 valence electrons. The molecule has 0 saturated heterocycles. The van der Waals surface area contributed by atoms with E-state index in [4.69, 9.17) is 11.6 Å². The van der Waals surface area contributed by atoms with Crippen molar-refractivity contribution >= 4 is 23.2 Å². The maximum Gasteiger partial charge on any atom is 0.253 e. The minimum atomic E-state index is -0.0319. The minimum Gasteiger partial charge on any atom is -0.384 e. The van der Waals surface area contributed by atoms with Crippen LogP contribution in [0.3, 0.4) is 0 Å². The highest BCUT2D eigenvalue weighted by Gasteiger charge is 2.24. The van der Waals surface area contributed by atoms with E-state index < -0.39 is 0 Å². The van der Waals surface area contributed by atoms with Gasteiger partial charge in [-0.15, -0.1) is 0 Å². The summed E-state index contributed by atoms with van der Waals surface area (Å²) < 4.78 is 0. The molecule has 0 aliphatic heterocycles. The van der Waals surface area contributed by atoms with Crippen LogP contribution < -0.4 is 10.6 Å². The highest BCUT2D eigenvalue weighted by molar-refractivity contribution is 6.31. The fourth-order valence-electron chi connectivity index (χ4n) is 2.98. The zero-order chi connectivity index (χ0) is 15.2. The van der Waals surface area contributed by atoms with Crippen molar-refractivity contribution in [1.29, 1.82) is 0 Å². The van der Waals surface area contributed by atoms with Gasteiger partial charge in [-0.05, 0) is 50.3 Å². The highest BCUT2D eigenvalue weighted by atomic mass is 35.5. The molecule has 2 N–H and O–H groups in total. The SMILES string of the molecule is CCCNc1ccc(Cl)cc1C(=O)NC(C)C1CCCC1. The van der Waals surface area contributed by atoms with Crippen LogP contribution in [0.5, 0.6) is 0 Å². The molecule has 0 bridgehead atoms. The molecule has 1 aromatic carbocycles. The van der Waals surface area contributed by atoms with Gasteiger partial charge >= 0.3 is 0 Å². The molecule has 1 saturated carbocycles.